The molecule has 1 aliphatic heterocycles. The lowest BCUT2D eigenvalue weighted by Crippen LogP contribution is -2.41. The van der Waals surface area contributed by atoms with Gasteiger partial charge in [-0.2, -0.15) is 0 Å². The predicted molar refractivity (Wildman–Crippen MR) is 86.5 cm³/mol. The summed E-state index contributed by atoms with van der Waals surface area (Å²) in [7, 11) is -0.159. The molecule has 0 bridgehead atoms. The van der Waals surface area contributed by atoms with E-state index < -0.39 is 0 Å². The normalized spacial score (nSPS) is 25.7. The lowest BCUT2D eigenvalue weighted by atomic mass is 9.68. The van der Waals surface area contributed by atoms with Crippen molar-refractivity contribution < 1.29 is 9.31 Å². The Morgan fingerprint density at radius 2 is 1.57 bits per heavy atom. The Morgan fingerprint density at radius 1 is 0.952 bits per heavy atom. The summed E-state index contributed by atoms with van der Waals surface area (Å²) in [6.07, 6.45) is 1.01. The minimum absolute atomic E-state index is 0.159. The molecule has 2 aromatic rings. The second-order valence-corrected chi connectivity index (χ2v) is 7.30. The van der Waals surface area contributed by atoms with E-state index in [1.54, 1.807) is 0 Å². The standard InChI is InChI=1S/C18H21BO2/c1-17(2)18(3,4)21-19(20-17)15-11-13-9-5-7-12-8-6-10-14(15)16(12)13/h5-10,15H,11H2,1-4H3. The molecular formula is C18H21BO2. The van der Waals surface area contributed by atoms with E-state index in [1.807, 2.05) is 0 Å². The van der Waals surface area contributed by atoms with Crippen LogP contribution in [0.1, 0.15) is 44.6 Å². The molecule has 0 saturated carbocycles. The van der Waals surface area contributed by atoms with Gasteiger partial charge in [0.2, 0.25) is 0 Å². The molecule has 2 aliphatic rings. The summed E-state index contributed by atoms with van der Waals surface area (Å²) in [6, 6.07) is 13.1. The highest BCUT2D eigenvalue weighted by molar-refractivity contribution is 6.48. The van der Waals surface area contributed by atoms with Crippen LogP contribution in [-0.4, -0.2) is 18.3 Å². The van der Waals surface area contributed by atoms with Gasteiger partial charge in [0.25, 0.3) is 0 Å². The molecule has 0 amide bonds. The van der Waals surface area contributed by atoms with Gasteiger partial charge in [-0.15, -0.1) is 0 Å². The molecule has 1 fully saturated rings. The van der Waals surface area contributed by atoms with E-state index >= 15 is 0 Å². The van der Waals surface area contributed by atoms with Crippen molar-refractivity contribution >= 4 is 17.9 Å². The van der Waals surface area contributed by atoms with Crippen LogP contribution in [-0.2, 0) is 15.7 Å². The largest absolute Gasteiger partial charge is 0.466 e. The topological polar surface area (TPSA) is 18.5 Å². The Balaban J connectivity index is 1.77. The van der Waals surface area contributed by atoms with Crippen LogP contribution in [0.4, 0.5) is 0 Å². The van der Waals surface area contributed by atoms with Gasteiger partial charge in [-0.25, -0.2) is 0 Å². The van der Waals surface area contributed by atoms with Gasteiger partial charge in [0.05, 0.1) is 11.2 Å². The average molecular weight is 280 g/mol. The highest BCUT2D eigenvalue weighted by Gasteiger charge is 2.54. The van der Waals surface area contributed by atoms with Crippen LogP contribution in [0.5, 0.6) is 0 Å². The van der Waals surface area contributed by atoms with Crippen molar-refractivity contribution in [3.05, 3.63) is 47.5 Å². The molecule has 1 heterocycles. The fourth-order valence-corrected chi connectivity index (χ4v) is 3.57. The first kappa shape index (κ1) is 13.4. The number of rotatable bonds is 1. The van der Waals surface area contributed by atoms with E-state index in [0.29, 0.717) is 5.82 Å². The Kier molecular flexibility index (Phi) is 2.62. The maximum atomic E-state index is 6.29. The van der Waals surface area contributed by atoms with Gasteiger partial charge in [-0.1, -0.05) is 36.4 Å². The van der Waals surface area contributed by atoms with E-state index in [9.17, 15) is 0 Å². The first-order chi connectivity index (χ1) is 9.89. The second kappa shape index (κ2) is 4.11. The highest BCUT2D eigenvalue weighted by Crippen LogP contribution is 2.46. The molecular weight excluding hydrogens is 259 g/mol. The highest BCUT2D eigenvalue weighted by atomic mass is 16.7. The van der Waals surface area contributed by atoms with Crippen LogP contribution < -0.4 is 0 Å². The maximum absolute atomic E-state index is 6.29. The molecule has 1 atom stereocenters. The van der Waals surface area contributed by atoms with Crippen LogP contribution in [0.25, 0.3) is 10.8 Å². The van der Waals surface area contributed by atoms with E-state index in [2.05, 4.69) is 64.1 Å². The van der Waals surface area contributed by atoms with Crippen molar-refractivity contribution in [1.29, 1.82) is 0 Å². The summed E-state index contributed by atoms with van der Waals surface area (Å²) in [5, 5.41) is 2.73. The van der Waals surface area contributed by atoms with Crippen molar-refractivity contribution in [3.8, 4) is 0 Å². The molecule has 1 unspecified atom stereocenters. The molecule has 2 aromatic carbocycles. The van der Waals surface area contributed by atoms with Crippen LogP contribution in [0.3, 0.4) is 0 Å². The van der Waals surface area contributed by atoms with Crippen LogP contribution >= 0.6 is 0 Å². The fraction of sp³-hybridized carbons (Fsp3) is 0.444. The molecule has 108 valence electrons. The zero-order valence-electron chi connectivity index (χ0n) is 13.1. The van der Waals surface area contributed by atoms with E-state index in [1.165, 1.54) is 21.9 Å². The zero-order valence-corrected chi connectivity index (χ0v) is 13.1. The molecule has 0 spiro atoms. The second-order valence-electron chi connectivity index (χ2n) is 7.30. The van der Waals surface area contributed by atoms with Crippen molar-refractivity contribution in [1.82, 2.24) is 0 Å². The van der Waals surface area contributed by atoms with Gasteiger partial charge in [0.1, 0.15) is 0 Å². The lowest BCUT2D eigenvalue weighted by Gasteiger charge is -2.32. The third kappa shape index (κ3) is 1.80. The van der Waals surface area contributed by atoms with Crippen molar-refractivity contribution in [2.45, 2.75) is 51.1 Å². The van der Waals surface area contributed by atoms with Crippen LogP contribution in [0.15, 0.2) is 36.4 Å². The molecule has 2 nitrogen and oxygen atoms in total. The number of hydrogen-bond acceptors (Lipinski definition) is 2. The van der Waals surface area contributed by atoms with E-state index in [-0.39, 0.29) is 18.3 Å². The van der Waals surface area contributed by atoms with Crippen LogP contribution in [0.2, 0.25) is 0 Å². The summed E-state index contributed by atoms with van der Waals surface area (Å²) < 4.78 is 12.6. The molecule has 1 saturated heterocycles. The van der Waals surface area contributed by atoms with Crippen molar-refractivity contribution in [2.24, 2.45) is 0 Å². The third-order valence-electron chi connectivity index (χ3n) is 5.46. The Hall–Kier alpha value is -1.32. The molecule has 21 heavy (non-hydrogen) atoms. The molecule has 4 rings (SSSR count). The molecule has 0 radical (unpaired) electrons. The van der Waals surface area contributed by atoms with E-state index in [4.69, 9.17) is 9.31 Å². The smallest absolute Gasteiger partial charge is 0.403 e. The number of hydrogen-bond donors (Lipinski definition) is 0. The fourth-order valence-electron chi connectivity index (χ4n) is 3.57. The van der Waals surface area contributed by atoms with E-state index in [0.717, 1.165) is 6.42 Å². The van der Waals surface area contributed by atoms with Crippen LogP contribution in [0, 0.1) is 0 Å². The van der Waals surface area contributed by atoms with Crippen molar-refractivity contribution in [2.75, 3.05) is 0 Å². The molecule has 1 aliphatic carbocycles. The minimum Gasteiger partial charge on any atom is -0.403 e. The third-order valence-corrected chi connectivity index (χ3v) is 5.46. The first-order valence-electron chi connectivity index (χ1n) is 7.75. The maximum Gasteiger partial charge on any atom is 0.466 e. The molecule has 0 aromatic heterocycles. The average Bonchev–Trinajstić information content (AvgIpc) is 2.88. The first-order valence-corrected chi connectivity index (χ1v) is 7.75. The minimum atomic E-state index is -0.264. The quantitative estimate of drug-likeness (QED) is 0.732. The summed E-state index contributed by atoms with van der Waals surface area (Å²) in [5.41, 5.74) is 2.27. The van der Waals surface area contributed by atoms with Gasteiger partial charge < -0.3 is 9.31 Å². The Bertz CT molecular complexity index is 699. The molecule has 0 N–H and O–H groups in total. The predicted octanol–water partition coefficient (Wildman–Crippen LogP) is 4.11. The monoisotopic (exact) mass is 280 g/mol. The Morgan fingerprint density at radius 3 is 2.24 bits per heavy atom. The van der Waals surface area contributed by atoms with Gasteiger partial charge in [-0.3, -0.25) is 0 Å². The summed E-state index contributed by atoms with van der Waals surface area (Å²) >= 11 is 0. The van der Waals surface area contributed by atoms with Gasteiger partial charge in [0, 0.05) is 5.82 Å². The van der Waals surface area contributed by atoms with Gasteiger partial charge in [-0.05, 0) is 56.0 Å². The SMILES string of the molecule is CC1(C)OB(C2Cc3cccc4cccc2c34)OC1(C)C. The van der Waals surface area contributed by atoms with Crippen molar-refractivity contribution in [3.63, 3.8) is 0 Å². The van der Waals surface area contributed by atoms with Gasteiger partial charge >= 0.3 is 7.12 Å². The summed E-state index contributed by atoms with van der Waals surface area (Å²) in [6.45, 7) is 8.48. The summed E-state index contributed by atoms with van der Waals surface area (Å²) in [5.74, 6) is 0.298. The molecule has 3 heteroatoms. The van der Waals surface area contributed by atoms with Gasteiger partial charge in [0.15, 0.2) is 0 Å². The Labute approximate surface area is 126 Å². The zero-order chi connectivity index (χ0) is 14.8. The summed E-state index contributed by atoms with van der Waals surface area (Å²) in [4.78, 5) is 0. The number of benzene rings is 2. The lowest BCUT2D eigenvalue weighted by molar-refractivity contribution is 0.00578.